The second kappa shape index (κ2) is 9.74. The topological polar surface area (TPSA) is 137 Å². The molecule has 0 unspecified atom stereocenters. The highest BCUT2D eigenvalue weighted by Crippen LogP contribution is 2.33. The van der Waals surface area contributed by atoms with E-state index in [1.807, 2.05) is 48.7 Å². The SMILES string of the molecule is COc1ccc(-c2nn(-c3ccccc3)cc2/C=C/C(=O)Nc2nc[nH]c2C(N)=O)cc1OC. The largest absolute Gasteiger partial charge is 0.493 e. The van der Waals surface area contributed by atoms with Crippen LogP contribution < -0.4 is 20.5 Å². The van der Waals surface area contributed by atoms with E-state index in [2.05, 4.69) is 15.3 Å². The number of amides is 2. The molecule has 2 heterocycles. The molecule has 10 nitrogen and oxygen atoms in total. The van der Waals surface area contributed by atoms with Crippen LogP contribution in [0.4, 0.5) is 5.82 Å². The van der Waals surface area contributed by atoms with Crippen molar-refractivity contribution in [3.05, 3.63) is 78.4 Å². The molecule has 172 valence electrons. The second-order valence-corrected chi connectivity index (χ2v) is 7.10. The van der Waals surface area contributed by atoms with E-state index in [0.717, 1.165) is 11.3 Å². The maximum Gasteiger partial charge on any atom is 0.269 e. The normalized spacial score (nSPS) is 10.9. The van der Waals surface area contributed by atoms with Crippen LogP contribution in [0.3, 0.4) is 0 Å². The molecular formula is C24H22N6O4. The Morgan fingerprint density at radius 2 is 1.85 bits per heavy atom. The number of aromatic nitrogens is 4. The number of nitrogens with zero attached hydrogens (tertiary/aromatic N) is 3. The molecule has 2 aromatic heterocycles. The Bertz CT molecular complexity index is 1360. The van der Waals surface area contributed by atoms with E-state index in [4.69, 9.17) is 20.3 Å². The molecule has 0 spiro atoms. The van der Waals surface area contributed by atoms with Crippen LogP contribution in [0.15, 0.2) is 67.1 Å². The van der Waals surface area contributed by atoms with Crippen molar-refractivity contribution in [3.8, 4) is 28.4 Å². The van der Waals surface area contributed by atoms with Crippen molar-refractivity contribution >= 4 is 23.7 Å². The summed E-state index contributed by atoms with van der Waals surface area (Å²) in [6.07, 6.45) is 6.05. The molecule has 2 aromatic carbocycles. The highest BCUT2D eigenvalue weighted by atomic mass is 16.5. The molecule has 0 aliphatic rings. The highest BCUT2D eigenvalue weighted by Gasteiger charge is 2.15. The number of hydrogen-bond donors (Lipinski definition) is 3. The van der Waals surface area contributed by atoms with Gasteiger partial charge in [0.15, 0.2) is 17.3 Å². The predicted molar refractivity (Wildman–Crippen MR) is 127 cm³/mol. The number of hydrogen-bond acceptors (Lipinski definition) is 6. The van der Waals surface area contributed by atoms with Crippen LogP contribution >= 0.6 is 0 Å². The summed E-state index contributed by atoms with van der Waals surface area (Å²) in [7, 11) is 3.13. The van der Waals surface area contributed by atoms with Gasteiger partial charge in [0, 0.05) is 23.4 Å². The summed E-state index contributed by atoms with van der Waals surface area (Å²) in [5.74, 6) is -0.00635. The van der Waals surface area contributed by atoms with Gasteiger partial charge < -0.3 is 25.5 Å². The zero-order chi connectivity index (χ0) is 24.1. The van der Waals surface area contributed by atoms with Crippen molar-refractivity contribution in [1.29, 1.82) is 0 Å². The Kier molecular flexibility index (Phi) is 6.40. The Balaban J connectivity index is 1.69. The highest BCUT2D eigenvalue weighted by molar-refractivity contribution is 6.05. The summed E-state index contributed by atoms with van der Waals surface area (Å²) >= 11 is 0. The van der Waals surface area contributed by atoms with Crippen LogP contribution in [0.1, 0.15) is 16.1 Å². The van der Waals surface area contributed by atoms with Gasteiger partial charge in [-0.15, -0.1) is 0 Å². The number of benzene rings is 2. The molecule has 2 amide bonds. The first-order valence-electron chi connectivity index (χ1n) is 10.2. The van der Waals surface area contributed by atoms with Crippen LogP contribution in [0.25, 0.3) is 23.0 Å². The van der Waals surface area contributed by atoms with Gasteiger partial charge in [0.1, 0.15) is 11.4 Å². The maximum absolute atomic E-state index is 12.5. The standard InChI is InChI=1S/C24H22N6O4/c1-33-18-10-8-15(12-19(18)34-2)21-16(13-30(29-21)17-6-4-3-5-7-17)9-11-20(31)28-24-22(23(25)32)26-14-27-24/h3-14H,1-2H3,(H2,25,32)(H,26,27)(H,28,31)/b11-9+. The summed E-state index contributed by atoms with van der Waals surface area (Å²) < 4.78 is 12.5. The molecule has 4 rings (SSSR count). The third-order valence-electron chi connectivity index (χ3n) is 4.96. The number of methoxy groups -OCH3 is 2. The summed E-state index contributed by atoms with van der Waals surface area (Å²) in [6.45, 7) is 0. The van der Waals surface area contributed by atoms with Crippen LogP contribution in [0.5, 0.6) is 11.5 Å². The van der Waals surface area contributed by atoms with Gasteiger partial charge in [-0.25, -0.2) is 9.67 Å². The number of carbonyl (C=O) groups excluding carboxylic acids is 2. The molecule has 0 fully saturated rings. The minimum atomic E-state index is -0.725. The number of rotatable bonds is 8. The average molecular weight is 458 g/mol. The fourth-order valence-corrected chi connectivity index (χ4v) is 3.33. The van der Waals surface area contributed by atoms with Gasteiger partial charge in [0.25, 0.3) is 5.91 Å². The third-order valence-corrected chi connectivity index (χ3v) is 4.96. The lowest BCUT2D eigenvalue weighted by Crippen LogP contribution is -2.16. The number of ether oxygens (including phenoxy) is 2. The smallest absolute Gasteiger partial charge is 0.269 e. The van der Waals surface area contributed by atoms with Crippen molar-refractivity contribution in [1.82, 2.24) is 19.7 Å². The van der Waals surface area contributed by atoms with E-state index >= 15 is 0 Å². The van der Waals surface area contributed by atoms with Gasteiger partial charge in [0.05, 0.1) is 26.2 Å². The van der Waals surface area contributed by atoms with Crippen LogP contribution in [-0.2, 0) is 4.79 Å². The molecular weight excluding hydrogens is 436 g/mol. The summed E-state index contributed by atoms with van der Waals surface area (Å²) in [6, 6.07) is 15.1. The molecule has 0 saturated carbocycles. The number of nitrogens with two attached hydrogens (primary N) is 1. The van der Waals surface area contributed by atoms with Crippen LogP contribution in [0, 0.1) is 0 Å². The summed E-state index contributed by atoms with van der Waals surface area (Å²) in [5, 5.41) is 7.27. The van der Waals surface area contributed by atoms with Crippen molar-refractivity contribution in [2.45, 2.75) is 0 Å². The second-order valence-electron chi connectivity index (χ2n) is 7.10. The Hall–Kier alpha value is -4.86. The number of H-pyrrole nitrogens is 1. The molecule has 0 radical (unpaired) electrons. The first kappa shape index (κ1) is 22.3. The number of imidazole rings is 1. The number of nitrogens with one attached hydrogen (secondary N) is 2. The molecule has 34 heavy (non-hydrogen) atoms. The van der Waals surface area contributed by atoms with Crippen molar-refractivity contribution < 1.29 is 19.1 Å². The van der Waals surface area contributed by atoms with E-state index in [1.54, 1.807) is 31.0 Å². The van der Waals surface area contributed by atoms with Gasteiger partial charge in [-0.1, -0.05) is 18.2 Å². The van der Waals surface area contributed by atoms with E-state index in [9.17, 15) is 9.59 Å². The zero-order valence-corrected chi connectivity index (χ0v) is 18.5. The van der Waals surface area contributed by atoms with Crippen LogP contribution in [-0.4, -0.2) is 45.8 Å². The fraction of sp³-hybridized carbons (Fsp3) is 0.0833. The van der Waals surface area contributed by atoms with Crippen molar-refractivity contribution in [2.75, 3.05) is 19.5 Å². The number of primary amides is 1. The molecule has 0 atom stereocenters. The minimum absolute atomic E-state index is 0.0182. The summed E-state index contributed by atoms with van der Waals surface area (Å²) in [5.41, 5.74) is 8.24. The predicted octanol–water partition coefficient (Wildman–Crippen LogP) is 3.03. The van der Waals surface area contributed by atoms with Gasteiger partial charge in [-0.05, 0) is 36.4 Å². The monoisotopic (exact) mass is 458 g/mol. The zero-order valence-electron chi connectivity index (χ0n) is 18.5. The number of carbonyl (C=O) groups is 2. The molecule has 4 aromatic rings. The van der Waals surface area contributed by atoms with E-state index in [0.29, 0.717) is 22.8 Å². The van der Waals surface area contributed by atoms with Crippen LogP contribution in [0.2, 0.25) is 0 Å². The lowest BCUT2D eigenvalue weighted by atomic mass is 10.1. The Morgan fingerprint density at radius 1 is 1.09 bits per heavy atom. The van der Waals surface area contributed by atoms with Gasteiger partial charge in [0.2, 0.25) is 5.91 Å². The minimum Gasteiger partial charge on any atom is -0.493 e. The lowest BCUT2D eigenvalue weighted by Gasteiger charge is -2.09. The van der Waals surface area contributed by atoms with Gasteiger partial charge in [-0.2, -0.15) is 5.10 Å². The van der Waals surface area contributed by atoms with Crippen molar-refractivity contribution in [3.63, 3.8) is 0 Å². The van der Waals surface area contributed by atoms with E-state index in [-0.39, 0.29) is 11.5 Å². The molecule has 0 aliphatic heterocycles. The number of aromatic amines is 1. The molecule has 0 aliphatic carbocycles. The average Bonchev–Trinajstić information content (AvgIpc) is 3.50. The third kappa shape index (κ3) is 4.65. The summed E-state index contributed by atoms with van der Waals surface area (Å²) in [4.78, 5) is 30.4. The fourth-order valence-electron chi connectivity index (χ4n) is 3.33. The first-order chi connectivity index (χ1) is 16.5. The maximum atomic E-state index is 12.5. The molecule has 10 heteroatoms. The molecule has 0 bridgehead atoms. The van der Waals surface area contributed by atoms with E-state index < -0.39 is 11.8 Å². The quantitative estimate of drug-likeness (QED) is 0.347. The number of para-hydroxylation sites is 1. The Morgan fingerprint density at radius 3 is 2.56 bits per heavy atom. The van der Waals surface area contributed by atoms with Gasteiger partial charge in [-0.3, -0.25) is 9.59 Å². The van der Waals surface area contributed by atoms with E-state index in [1.165, 1.54) is 12.4 Å². The van der Waals surface area contributed by atoms with Gasteiger partial charge >= 0.3 is 0 Å². The van der Waals surface area contributed by atoms with Crippen molar-refractivity contribution in [2.24, 2.45) is 5.73 Å². The number of anilines is 1. The Labute approximate surface area is 195 Å². The first-order valence-corrected chi connectivity index (χ1v) is 10.2. The molecule has 0 saturated heterocycles. The molecule has 4 N–H and O–H groups in total. The lowest BCUT2D eigenvalue weighted by molar-refractivity contribution is -0.111.